The van der Waals surface area contributed by atoms with E-state index in [0.717, 1.165) is 31.8 Å². The topological polar surface area (TPSA) is 24.5 Å². The third-order valence-electron chi connectivity index (χ3n) is 4.57. The van der Waals surface area contributed by atoms with Crippen LogP contribution >= 0.6 is 0 Å². The van der Waals surface area contributed by atoms with Gasteiger partial charge in [0.1, 0.15) is 0 Å². The maximum absolute atomic E-state index is 5.78. The third-order valence-corrected chi connectivity index (χ3v) is 4.57. The second-order valence-corrected chi connectivity index (χ2v) is 5.79. The maximum atomic E-state index is 5.78. The Morgan fingerprint density at radius 2 is 1.89 bits per heavy atom. The lowest BCUT2D eigenvalue weighted by atomic mass is 9.90. The molecule has 1 aliphatic heterocycles. The second-order valence-electron chi connectivity index (χ2n) is 5.79. The Morgan fingerprint density at radius 1 is 1.11 bits per heavy atom. The molecule has 0 amide bonds. The van der Waals surface area contributed by atoms with Crippen LogP contribution in [0.5, 0.6) is 0 Å². The molecule has 1 aliphatic carbocycles. The fourth-order valence-corrected chi connectivity index (χ4v) is 3.52. The first kappa shape index (κ1) is 14.3. The molecule has 1 N–H and O–H groups in total. The van der Waals surface area contributed by atoms with Crippen molar-refractivity contribution in [3.63, 3.8) is 0 Å². The first-order valence-electron chi connectivity index (χ1n) is 7.92. The van der Waals surface area contributed by atoms with Crippen molar-refractivity contribution in [3.05, 3.63) is 0 Å². The summed E-state index contributed by atoms with van der Waals surface area (Å²) in [6.45, 7) is 8.94. The molecule has 0 spiro atoms. The van der Waals surface area contributed by atoms with Gasteiger partial charge in [-0.25, -0.2) is 0 Å². The van der Waals surface area contributed by atoms with Crippen molar-refractivity contribution in [2.45, 2.75) is 70.6 Å². The zero-order chi connectivity index (χ0) is 12.8. The number of hydrogen-bond acceptors (Lipinski definition) is 3. The molecule has 18 heavy (non-hydrogen) atoms. The van der Waals surface area contributed by atoms with Crippen molar-refractivity contribution < 1.29 is 4.74 Å². The number of ether oxygens (including phenoxy) is 1. The molecule has 1 saturated heterocycles. The van der Waals surface area contributed by atoms with Gasteiger partial charge < -0.3 is 10.1 Å². The Morgan fingerprint density at radius 3 is 2.44 bits per heavy atom. The van der Waals surface area contributed by atoms with E-state index in [0.29, 0.717) is 6.10 Å². The Labute approximate surface area is 112 Å². The third kappa shape index (κ3) is 3.94. The number of nitrogens with one attached hydrogen (secondary N) is 1. The van der Waals surface area contributed by atoms with Crippen LogP contribution in [0.15, 0.2) is 0 Å². The molecule has 0 radical (unpaired) electrons. The molecule has 1 heterocycles. The average Bonchev–Trinajstić information content (AvgIpc) is 2.90. The van der Waals surface area contributed by atoms with Crippen LogP contribution in [0, 0.1) is 0 Å². The minimum Gasteiger partial charge on any atom is -0.377 e. The molecule has 2 fully saturated rings. The van der Waals surface area contributed by atoms with E-state index in [2.05, 4.69) is 24.1 Å². The molecule has 3 heteroatoms. The highest BCUT2D eigenvalue weighted by Crippen LogP contribution is 2.24. The monoisotopic (exact) mass is 254 g/mol. The number of nitrogens with zero attached hydrogens (tertiary/aromatic N) is 1. The molecule has 3 nitrogen and oxygen atoms in total. The van der Waals surface area contributed by atoms with E-state index < -0.39 is 0 Å². The Kier molecular flexibility index (Phi) is 5.93. The van der Waals surface area contributed by atoms with Gasteiger partial charge in [0.15, 0.2) is 0 Å². The molecule has 0 bridgehead atoms. The summed E-state index contributed by atoms with van der Waals surface area (Å²) in [7, 11) is 0. The summed E-state index contributed by atoms with van der Waals surface area (Å²) >= 11 is 0. The normalized spacial score (nSPS) is 33.2. The lowest BCUT2D eigenvalue weighted by Crippen LogP contribution is -2.45. The molecule has 1 saturated carbocycles. The van der Waals surface area contributed by atoms with Crippen LogP contribution in [0.1, 0.15) is 52.4 Å². The van der Waals surface area contributed by atoms with Crippen molar-refractivity contribution in [3.8, 4) is 0 Å². The van der Waals surface area contributed by atoms with Crippen LogP contribution in [0.4, 0.5) is 0 Å². The molecular weight excluding hydrogens is 224 g/mol. The molecule has 2 rings (SSSR count). The van der Waals surface area contributed by atoms with Crippen molar-refractivity contribution >= 4 is 0 Å². The van der Waals surface area contributed by atoms with E-state index in [-0.39, 0.29) is 0 Å². The fourth-order valence-electron chi connectivity index (χ4n) is 3.52. The predicted molar refractivity (Wildman–Crippen MR) is 75.9 cm³/mol. The summed E-state index contributed by atoms with van der Waals surface area (Å²) in [6, 6.07) is 1.57. The highest BCUT2D eigenvalue weighted by Gasteiger charge is 2.27. The van der Waals surface area contributed by atoms with E-state index in [1.165, 1.54) is 45.1 Å². The van der Waals surface area contributed by atoms with Crippen LogP contribution in [0.3, 0.4) is 0 Å². The average molecular weight is 254 g/mol. The quantitative estimate of drug-likeness (QED) is 0.788. The van der Waals surface area contributed by atoms with Gasteiger partial charge in [0, 0.05) is 25.2 Å². The number of likely N-dealkylation sites (N-methyl/N-ethyl adjacent to an activating group) is 1. The molecule has 1 unspecified atom stereocenters. The Hall–Kier alpha value is -0.120. The van der Waals surface area contributed by atoms with Crippen molar-refractivity contribution in [2.24, 2.45) is 0 Å². The Bertz CT molecular complexity index is 221. The van der Waals surface area contributed by atoms with Gasteiger partial charge in [-0.1, -0.05) is 13.8 Å². The summed E-state index contributed by atoms with van der Waals surface area (Å²) in [6.07, 6.45) is 8.45. The van der Waals surface area contributed by atoms with Crippen molar-refractivity contribution in [1.82, 2.24) is 10.2 Å². The van der Waals surface area contributed by atoms with Gasteiger partial charge in [0.2, 0.25) is 0 Å². The second kappa shape index (κ2) is 7.46. The summed E-state index contributed by atoms with van der Waals surface area (Å²) in [5.74, 6) is 0. The van der Waals surface area contributed by atoms with E-state index >= 15 is 0 Å². The van der Waals surface area contributed by atoms with Gasteiger partial charge in [-0.05, 0) is 51.6 Å². The molecule has 0 aromatic carbocycles. The lowest BCUT2D eigenvalue weighted by Gasteiger charge is -2.37. The predicted octanol–water partition coefficient (Wildman–Crippen LogP) is 2.41. The largest absolute Gasteiger partial charge is 0.377 e. The van der Waals surface area contributed by atoms with Gasteiger partial charge in [0.25, 0.3) is 0 Å². The van der Waals surface area contributed by atoms with Crippen molar-refractivity contribution in [1.29, 1.82) is 0 Å². The highest BCUT2D eigenvalue weighted by molar-refractivity contribution is 4.84. The minimum absolute atomic E-state index is 0.511. The highest BCUT2D eigenvalue weighted by atomic mass is 16.5. The van der Waals surface area contributed by atoms with Gasteiger partial charge in [0.05, 0.1) is 6.10 Å². The summed E-state index contributed by atoms with van der Waals surface area (Å²) in [4.78, 5) is 2.66. The van der Waals surface area contributed by atoms with Crippen LogP contribution in [0.25, 0.3) is 0 Å². The maximum Gasteiger partial charge on any atom is 0.0702 e. The Balaban J connectivity index is 1.74. The van der Waals surface area contributed by atoms with Crippen LogP contribution in [-0.4, -0.2) is 49.3 Å². The molecular formula is C15H30N2O. The number of rotatable bonds is 6. The van der Waals surface area contributed by atoms with Gasteiger partial charge in [-0.2, -0.15) is 0 Å². The van der Waals surface area contributed by atoms with Crippen LogP contribution in [0.2, 0.25) is 0 Å². The van der Waals surface area contributed by atoms with E-state index in [4.69, 9.17) is 4.74 Å². The van der Waals surface area contributed by atoms with Gasteiger partial charge >= 0.3 is 0 Å². The zero-order valence-corrected chi connectivity index (χ0v) is 12.2. The van der Waals surface area contributed by atoms with Crippen LogP contribution in [-0.2, 0) is 4.74 Å². The summed E-state index contributed by atoms with van der Waals surface area (Å²) in [5, 5.41) is 3.59. The molecule has 0 aromatic rings. The summed E-state index contributed by atoms with van der Waals surface area (Å²) in [5.41, 5.74) is 0. The smallest absolute Gasteiger partial charge is 0.0702 e. The van der Waals surface area contributed by atoms with E-state index in [9.17, 15) is 0 Å². The van der Waals surface area contributed by atoms with Crippen LogP contribution < -0.4 is 5.32 Å². The summed E-state index contributed by atoms with van der Waals surface area (Å²) < 4.78 is 5.78. The molecule has 0 aromatic heterocycles. The minimum atomic E-state index is 0.511. The van der Waals surface area contributed by atoms with Gasteiger partial charge in [-0.15, -0.1) is 0 Å². The molecule has 106 valence electrons. The first-order chi connectivity index (χ1) is 8.83. The first-order valence-corrected chi connectivity index (χ1v) is 7.92. The fraction of sp³-hybridized carbons (Fsp3) is 1.00. The molecule has 2 aliphatic rings. The van der Waals surface area contributed by atoms with Crippen molar-refractivity contribution in [2.75, 3.05) is 26.2 Å². The SMILES string of the molecule is CCNC1CCC(N(CC)CC2CCCO2)CC1. The standard InChI is InChI=1S/C15H30N2O/c1-3-16-13-7-9-14(10-8-13)17(4-2)12-15-6-5-11-18-15/h13-16H,3-12H2,1-2H3. The van der Waals surface area contributed by atoms with E-state index in [1.807, 2.05) is 0 Å². The number of hydrogen-bond donors (Lipinski definition) is 1. The zero-order valence-electron chi connectivity index (χ0n) is 12.2. The molecule has 1 atom stereocenters. The van der Waals surface area contributed by atoms with Gasteiger partial charge in [-0.3, -0.25) is 4.90 Å². The van der Waals surface area contributed by atoms with E-state index in [1.54, 1.807) is 0 Å². The lowest BCUT2D eigenvalue weighted by molar-refractivity contribution is 0.0488.